The van der Waals surface area contributed by atoms with Crippen LogP contribution in [-0.2, 0) is 21.0 Å². The summed E-state index contributed by atoms with van der Waals surface area (Å²) in [7, 11) is -4.08. The quantitative estimate of drug-likeness (QED) is 0.728. The van der Waals surface area contributed by atoms with Gasteiger partial charge in [-0.2, -0.15) is 17.5 Å². The van der Waals surface area contributed by atoms with E-state index < -0.39 is 27.8 Å². The molecule has 0 atom stereocenters. The van der Waals surface area contributed by atoms with E-state index in [0.717, 1.165) is 12.1 Å². The van der Waals surface area contributed by atoms with Gasteiger partial charge in [0.1, 0.15) is 5.78 Å². The lowest BCUT2D eigenvalue weighted by molar-refractivity contribution is -0.137. The number of halogens is 3. The van der Waals surface area contributed by atoms with Gasteiger partial charge in [0.15, 0.2) is 0 Å². The predicted molar refractivity (Wildman–Crippen MR) is 95.7 cm³/mol. The summed E-state index contributed by atoms with van der Waals surface area (Å²) in [4.78, 5) is 12.9. The van der Waals surface area contributed by atoms with E-state index in [0.29, 0.717) is 38.5 Å². The standard InChI is InChI=1S/C18H25F3N2O3S/c1-13(2)23(16-7-9-22(10-8-16)12-14(3)24)27(25,26)17-6-4-5-15(11-17)18(19,20)21/h4-6,11,13,16H,7-10,12H2,1-3H3. The van der Waals surface area contributed by atoms with Gasteiger partial charge in [0.25, 0.3) is 0 Å². The number of rotatable bonds is 6. The zero-order chi connectivity index (χ0) is 20.4. The fourth-order valence-electron chi connectivity index (χ4n) is 3.50. The zero-order valence-corrected chi connectivity index (χ0v) is 16.5. The number of carbonyl (C=O) groups is 1. The Hall–Kier alpha value is -1.45. The van der Waals surface area contributed by atoms with E-state index in [-0.39, 0.29) is 16.7 Å². The molecule has 0 bridgehead atoms. The van der Waals surface area contributed by atoms with E-state index in [1.165, 1.54) is 17.3 Å². The molecule has 9 heteroatoms. The van der Waals surface area contributed by atoms with E-state index >= 15 is 0 Å². The maximum atomic E-state index is 13.1. The SMILES string of the molecule is CC(=O)CN1CCC(N(C(C)C)S(=O)(=O)c2cccc(C(F)(F)F)c2)CC1. The van der Waals surface area contributed by atoms with Gasteiger partial charge in [-0.1, -0.05) is 6.07 Å². The summed E-state index contributed by atoms with van der Waals surface area (Å²) in [6.07, 6.45) is -3.54. The molecule has 0 unspecified atom stereocenters. The Morgan fingerprint density at radius 1 is 1.26 bits per heavy atom. The number of likely N-dealkylation sites (tertiary alicyclic amines) is 1. The molecule has 1 aromatic carbocycles. The van der Waals surface area contributed by atoms with Gasteiger partial charge in [-0.3, -0.25) is 9.69 Å². The average Bonchev–Trinajstić information content (AvgIpc) is 2.55. The molecule has 1 saturated heterocycles. The topological polar surface area (TPSA) is 57.7 Å². The fourth-order valence-corrected chi connectivity index (χ4v) is 5.43. The first kappa shape index (κ1) is 21.8. The minimum atomic E-state index is -4.60. The van der Waals surface area contributed by atoms with E-state index in [9.17, 15) is 26.4 Å². The molecule has 152 valence electrons. The van der Waals surface area contributed by atoms with Crippen LogP contribution in [0.5, 0.6) is 0 Å². The van der Waals surface area contributed by atoms with Gasteiger partial charge in [-0.15, -0.1) is 0 Å². The van der Waals surface area contributed by atoms with Gasteiger partial charge in [-0.25, -0.2) is 8.42 Å². The highest BCUT2D eigenvalue weighted by Gasteiger charge is 2.37. The minimum absolute atomic E-state index is 0.0470. The molecule has 0 aliphatic carbocycles. The van der Waals surface area contributed by atoms with Crippen molar-refractivity contribution in [1.82, 2.24) is 9.21 Å². The zero-order valence-electron chi connectivity index (χ0n) is 15.7. The van der Waals surface area contributed by atoms with E-state index in [4.69, 9.17) is 0 Å². The Kier molecular flexibility index (Phi) is 6.70. The van der Waals surface area contributed by atoms with Crippen molar-refractivity contribution in [2.75, 3.05) is 19.6 Å². The van der Waals surface area contributed by atoms with Crippen molar-refractivity contribution in [2.45, 2.75) is 56.8 Å². The largest absolute Gasteiger partial charge is 0.416 e. The number of ketones is 1. The summed E-state index contributed by atoms with van der Waals surface area (Å²) in [5.74, 6) is 0.0470. The first-order valence-electron chi connectivity index (χ1n) is 8.85. The molecule has 1 aromatic rings. The second kappa shape index (κ2) is 8.28. The second-order valence-corrected chi connectivity index (χ2v) is 9.01. The van der Waals surface area contributed by atoms with Crippen molar-refractivity contribution in [2.24, 2.45) is 0 Å². The lowest BCUT2D eigenvalue weighted by Crippen LogP contribution is -2.50. The van der Waals surface area contributed by atoms with Crippen LogP contribution in [0, 0.1) is 0 Å². The molecule has 1 aliphatic heterocycles. The molecule has 0 spiro atoms. The number of nitrogens with zero attached hydrogens (tertiary/aromatic N) is 2. The molecule has 1 aliphatic rings. The Bertz CT molecular complexity index is 770. The normalized spacial score (nSPS) is 17.6. The first-order valence-corrected chi connectivity index (χ1v) is 10.3. The lowest BCUT2D eigenvalue weighted by atomic mass is 10.0. The molecule has 5 nitrogen and oxygen atoms in total. The number of Topliss-reactive ketones (excluding diaryl/α,β-unsaturated/α-hetero) is 1. The van der Waals surface area contributed by atoms with Crippen LogP contribution < -0.4 is 0 Å². The van der Waals surface area contributed by atoms with E-state index in [1.54, 1.807) is 13.8 Å². The van der Waals surface area contributed by atoms with Crippen LogP contribution in [0.4, 0.5) is 13.2 Å². The van der Waals surface area contributed by atoms with Crippen LogP contribution in [0.2, 0.25) is 0 Å². The first-order chi connectivity index (χ1) is 12.4. The third kappa shape index (κ3) is 5.30. The number of alkyl halides is 3. The van der Waals surface area contributed by atoms with Crippen molar-refractivity contribution >= 4 is 15.8 Å². The summed E-state index contributed by atoms with van der Waals surface area (Å²) in [5.41, 5.74) is -0.983. The van der Waals surface area contributed by atoms with Crippen molar-refractivity contribution in [3.05, 3.63) is 29.8 Å². The molecule has 1 heterocycles. The minimum Gasteiger partial charge on any atom is -0.299 e. The Morgan fingerprint density at radius 3 is 2.33 bits per heavy atom. The molecule has 0 amide bonds. The number of hydrogen-bond acceptors (Lipinski definition) is 4. The number of benzene rings is 1. The predicted octanol–water partition coefficient (Wildman–Crippen LogP) is 3.16. The van der Waals surface area contributed by atoms with Crippen LogP contribution in [-0.4, -0.2) is 55.1 Å². The molecule has 2 rings (SSSR count). The third-order valence-corrected chi connectivity index (χ3v) is 6.73. The summed E-state index contributed by atoms with van der Waals surface area (Å²) in [6.45, 7) is 6.41. The van der Waals surface area contributed by atoms with E-state index in [2.05, 4.69) is 0 Å². The average molecular weight is 406 g/mol. The number of piperidine rings is 1. The second-order valence-electron chi connectivity index (χ2n) is 7.16. The maximum absolute atomic E-state index is 13.1. The van der Waals surface area contributed by atoms with Crippen molar-refractivity contribution in [1.29, 1.82) is 0 Å². The molecule has 1 fully saturated rings. The molecular weight excluding hydrogens is 381 g/mol. The van der Waals surface area contributed by atoms with Gasteiger partial charge in [0.2, 0.25) is 10.0 Å². The van der Waals surface area contributed by atoms with Crippen molar-refractivity contribution < 1.29 is 26.4 Å². The highest BCUT2D eigenvalue weighted by molar-refractivity contribution is 7.89. The third-order valence-electron chi connectivity index (χ3n) is 4.61. The molecule has 0 radical (unpaired) electrons. The van der Waals surface area contributed by atoms with Gasteiger partial charge in [-0.05, 0) is 51.8 Å². The van der Waals surface area contributed by atoms with Gasteiger partial charge >= 0.3 is 6.18 Å². The van der Waals surface area contributed by atoms with Crippen LogP contribution in [0.15, 0.2) is 29.2 Å². The molecular formula is C18H25F3N2O3S. The fraction of sp³-hybridized carbons (Fsp3) is 0.611. The van der Waals surface area contributed by atoms with Crippen LogP contribution in [0.3, 0.4) is 0 Å². The molecule has 0 N–H and O–H groups in total. The monoisotopic (exact) mass is 406 g/mol. The molecule has 0 saturated carbocycles. The number of carbonyl (C=O) groups excluding carboxylic acids is 1. The van der Waals surface area contributed by atoms with Gasteiger partial charge in [0.05, 0.1) is 17.0 Å². The smallest absolute Gasteiger partial charge is 0.299 e. The summed E-state index contributed by atoms with van der Waals surface area (Å²) >= 11 is 0. The van der Waals surface area contributed by atoms with Crippen LogP contribution in [0.25, 0.3) is 0 Å². The number of hydrogen-bond donors (Lipinski definition) is 0. The highest BCUT2D eigenvalue weighted by Crippen LogP contribution is 2.32. The highest BCUT2D eigenvalue weighted by atomic mass is 32.2. The number of sulfonamides is 1. The Balaban J connectivity index is 2.27. The summed E-state index contributed by atoms with van der Waals surface area (Å²) in [5, 5.41) is 0. The summed E-state index contributed by atoms with van der Waals surface area (Å²) in [6, 6.07) is 3.16. The van der Waals surface area contributed by atoms with Crippen LogP contribution in [0.1, 0.15) is 39.2 Å². The van der Waals surface area contributed by atoms with Gasteiger partial charge < -0.3 is 0 Å². The van der Waals surface area contributed by atoms with Gasteiger partial charge in [0, 0.05) is 25.2 Å². The summed E-state index contributed by atoms with van der Waals surface area (Å²) < 4.78 is 66.4. The maximum Gasteiger partial charge on any atom is 0.416 e. The van der Waals surface area contributed by atoms with Crippen molar-refractivity contribution in [3.63, 3.8) is 0 Å². The Morgan fingerprint density at radius 2 is 1.85 bits per heavy atom. The van der Waals surface area contributed by atoms with Crippen LogP contribution >= 0.6 is 0 Å². The van der Waals surface area contributed by atoms with Crippen molar-refractivity contribution in [3.8, 4) is 0 Å². The molecule has 0 aromatic heterocycles. The lowest BCUT2D eigenvalue weighted by Gasteiger charge is -2.39. The molecule has 27 heavy (non-hydrogen) atoms. The van der Waals surface area contributed by atoms with E-state index in [1.807, 2.05) is 4.90 Å². The Labute approximate surface area is 158 Å².